The van der Waals surface area contributed by atoms with Crippen LogP contribution in [-0.4, -0.2) is 30.2 Å². The van der Waals surface area contributed by atoms with Crippen LogP contribution in [0.4, 0.5) is 4.39 Å². The van der Waals surface area contributed by atoms with E-state index in [0.717, 1.165) is 12.0 Å². The Labute approximate surface area is 182 Å². The molecule has 0 bridgehead atoms. The predicted octanol–water partition coefficient (Wildman–Crippen LogP) is 5.07. The number of rotatable bonds is 7. The smallest absolute Gasteiger partial charge is 0.336 e. The van der Waals surface area contributed by atoms with E-state index in [-0.39, 0.29) is 34.1 Å². The summed E-state index contributed by atoms with van der Waals surface area (Å²) in [5, 5.41) is 16.6. The Bertz CT molecular complexity index is 897. The van der Waals surface area contributed by atoms with Gasteiger partial charge in [-0.05, 0) is 41.0 Å². The summed E-state index contributed by atoms with van der Waals surface area (Å²) in [6.45, 7) is 8.40. The predicted molar refractivity (Wildman–Crippen MR) is 119 cm³/mol. The summed E-state index contributed by atoms with van der Waals surface area (Å²) in [7, 11) is 0. The zero-order valence-electron chi connectivity index (χ0n) is 17.7. The molecule has 6 heteroatoms. The van der Waals surface area contributed by atoms with Crippen molar-refractivity contribution in [2.45, 2.75) is 45.7 Å². The SMILES string of the molecule is CC(C)(C)C[C@@H]1NC[C@H](c2cccc(Cl)c2F)[C@@H]1CNCc1ccccc1C(=O)O. The first-order valence-corrected chi connectivity index (χ1v) is 10.7. The summed E-state index contributed by atoms with van der Waals surface area (Å²) < 4.78 is 14.8. The molecule has 0 amide bonds. The summed E-state index contributed by atoms with van der Waals surface area (Å²) in [6.07, 6.45) is 0.962. The lowest BCUT2D eigenvalue weighted by Crippen LogP contribution is -2.37. The maximum absolute atomic E-state index is 14.8. The maximum Gasteiger partial charge on any atom is 0.336 e. The van der Waals surface area contributed by atoms with Crippen molar-refractivity contribution >= 4 is 17.6 Å². The Balaban J connectivity index is 1.79. The fourth-order valence-corrected chi connectivity index (χ4v) is 4.62. The normalized spacial score (nSPS) is 21.7. The molecule has 1 aliphatic heterocycles. The zero-order valence-corrected chi connectivity index (χ0v) is 18.5. The molecule has 1 aliphatic rings. The standard InChI is InChI=1S/C24H30ClFN2O2/c1-24(2,3)11-21-19(13-27-12-15-7-4-5-8-16(15)23(29)30)18(14-28-21)17-9-6-10-20(25)22(17)26/h4-10,18-19,21,27-28H,11-14H2,1-3H3,(H,29,30)/t18-,19+,21+/m1/s1. The van der Waals surface area contributed by atoms with E-state index in [4.69, 9.17) is 11.6 Å². The molecule has 162 valence electrons. The van der Waals surface area contributed by atoms with Crippen molar-refractivity contribution in [3.8, 4) is 0 Å². The molecule has 0 saturated carbocycles. The van der Waals surface area contributed by atoms with E-state index in [9.17, 15) is 14.3 Å². The Morgan fingerprint density at radius 3 is 2.67 bits per heavy atom. The largest absolute Gasteiger partial charge is 0.478 e. The quantitative estimate of drug-likeness (QED) is 0.571. The van der Waals surface area contributed by atoms with Crippen LogP contribution < -0.4 is 10.6 Å². The van der Waals surface area contributed by atoms with Crippen LogP contribution in [0.3, 0.4) is 0 Å². The molecule has 2 aromatic carbocycles. The summed E-state index contributed by atoms with van der Waals surface area (Å²) in [5.74, 6) is -1.12. The third-order valence-electron chi connectivity index (χ3n) is 5.79. The van der Waals surface area contributed by atoms with Gasteiger partial charge >= 0.3 is 5.97 Å². The van der Waals surface area contributed by atoms with Gasteiger partial charge in [-0.15, -0.1) is 0 Å². The van der Waals surface area contributed by atoms with Crippen molar-refractivity contribution in [1.29, 1.82) is 0 Å². The van der Waals surface area contributed by atoms with Gasteiger partial charge < -0.3 is 15.7 Å². The van der Waals surface area contributed by atoms with Crippen molar-refractivity contribution in [3.05, 3.63) is 70.0 Å². The highest BCUT2D eigenvalue weighted by Gasteiger charge is 2.39. The molecule has 0 unspecified atom stereocenters. The van der Waals surface area contributed by atoms with Crippen molar-refractivity contribution < 1.29 is 14.3 Å². The maximum atomic E-state index is 14.8. The molecule has 2 aromatic rings. The minimum Gasteiger partial charge on any atom is -0.478 e. The van der Waals surface area contributed by atoms with Crippen LogP contribution in [0.15, 0.2) is 42.5 Å². The number of carbonyl (C=O) groups is 1. The van der Waals surface area contributed by atoms with E-state index in [2.05, 4.69) is 31.4 Å². The van der Waals surface area contributed by atoms with E-state index in [1.165, 1.54) is 0 Å². The topological polar surface area (TPSA) is 61.4 Å². The van der Waals surface area contributed by atoms with Crippen molar-refractivity contribution in [2.24, 2.45) is 11.3 Å². The van der Waals surface area contributed by atoms with Crippen LogP contribution in [0.5, 0.6) is 0 Å². The summed E-state index contributed by atoms with van der Waals surface area (Å²) in [4.78, 5) is 11.5. The third-order valence-corrected chi connectivity index (χ3v) is 6.08. The van der Waals surface area contributed by atoms with Crippen molar-refractivity contribution in [3.63, 3.8) is 0 Å². The van der Waals surface area contributed by atoms with Crippen LogP contribution in [-0.2, 0) is 6.54 Å². The molecule has 0 spiro atoms. The lowest BCUT2D eigenvalue weighted by Gasteiger charge is -2.30. The molecule has 0 aromatic heterocycles. The number of benzene rings is 2. The van der Waals surface area contributed by atoms with Gasteiger partial charge in [0, 0.05) is 31.6 Å². The number of carboxylic acid groups (broad SMARTS) is 1. The average Bonchev–Trinajstić information content (AvgIpc) is 3.05. The van der Waals surface area contributed by atoms with E-state index in [1.807, 2.05) is 18.2 Å². The summed E-state index contributed by atoms with van der Waals surface area (Å²) in [6, 6.07) is 12.4. The fourth-order valence-electron chi connectivity index (χ4n) is 4.43. The fraction of sp³-hybridized carbons (Fsp3) is 0.458. The van der Waals surface area contributed by atoms with Gasteiger partial charge in [0.15, 0.2) is 0 Å². The van der Waals surface area contributed by atoms with Crippen molar-refractivity contribution in [1.82, 2.24) is 10.6 Å². The van der Waals surface area contributed by atoms with E-state index >= 15 is 0 Å². The van der Waals surface area contributed by atoms with E-state index in [1.54, 1.807) is 24.3 Å². The number of hydrogen-bond donors (Lipinski definition) is 3. The molecular formula is C24H30ClFN2O2. The van der Waals surface area contributed by atoms with Crippen LogP contribution in [0.1, 0.15) is 54.6 Å². The first-order valence-electron chi connectivity index (χ1n) is 10.4. The Hall–Kier alpha value is -1.95. The second-order valence-electron chi connectivity index (χ2n) is 9.29. The molecule has 4 nitrogen and oxygen atoms in total. The molecule has 1 heterocycles. The first-order chi connectivity index (χ1) is 14.2. The van der Waals surface area contributed by atoms with Gasteiger partial charge in [-0.3, -0.25) is 0 Å². The molecule has 3 atom stereocenters. The van der Waals surface area contributed by atoms with E-state index < -0.39 is 5.97 Å². The van der Waals surface area contributed by atoms with Crippen LogP contribution in [0, 0.1) is 17.2 Å². The van der Waals surface area contributed by atoms with Gasteiger partial charge in [0.05, 0.1) is 10.6 Å². The van der Waals surface area contributed by atoms with Gasteiger partial charge in [-0.1, -0.05) is 62.7 Å². The lowest BCUT2D eigenvalue weighted by atomic mass is 9.78. The van der Waals surface area contributed by atoms with Crippen LogP contribution >= 0.6 is 11.6 Å². The Kier molecular flexibility index (Phi) is 7.17. The minimum atomic E-state index is -0.931. The van der Waals surface area contributed by atoms with Crippen LogP contribution in [0.25, 0.3) is 0 Å². The molecule has 3 N–H and O–H groups in total. The molecule has 0 radical (unpaired) electrons. The molecular weight excluding hydrogens is 403 g/mol. The van der Waals surface area contributed by atoms with Gasteiger partial charge in [0.1, 0.15) is 5.82 Å². The highest BCUT2D eigenvalue weighted by Crippen LogP contribution is 2.38. The number of carboxylic acids is 1. The first kappa shape index (κ1) is 22.7. The number of aromatic carboxylic acids is 1. The molecule has 0 aliphatic carbocycles. The highest BCUT2D eigenvalue weighted by atomic mass is 35.5. The molecule has 3 rings (SSSR count). The van der Waals surface area contributed by atoms with Crippen LogP contribution in [0.2, 0.25) is 5.02 Å². The second kappa shape index (κ2) is 9.46. The second-order valence-corrected chi connectivity index (χ2v) is 9.69. The Morgan fingerprint density at radius 2 is 1.97 bits per heavy atom. The van der Waals surface area contributed by atoms with E-state index in [0.29, 0.717) is 30.8 Å². The molecule has 30 heavy (non-hydrogen) atoms. The van der Waals surface area contributed by atoms with Gasteiger partial charge in [0.25, 0.3) is 0 Å². The molecule has 1 saturated heterocycles. The zero-order chi connectivity index (χ0) is 21.9. The lowest BCUT2D eigenvalue weighted by molar-refractivity contribution is 0.0695. The van der Waals surface area contributed by atoms with Crippen molar-refractivity contribution in [2.75, 3.05) is 13.1 Å². The number of nitrogens with one attached hydrogen (secondary N) is 2. The van der Waals surface area contributed by atoms with Gasteiger partial charge in [0.2, 0.25) is 0 Å². The monoisotopic (exact) mass is 432 g/mol. The van der Waals surface area contributed by atoms with Gasteiger partial charge in [-0.2, -0.15) is 0 Å². The third kappa shape index (κ3) is 5.39. The highest BCUT2D eigenvalue weighted by molar-refractivity contribution is 6.30. The molecule has 1 fully saturated rings. The summed E-state index contributed by atoms with van der Waals surface area (Å²) in [5.41, 5.74) is 1.82. The Morgan fingerprint density at radius 1 is 1.23 bits per heavy atom. The summed E-state index contributed by atoms with van der Waals surface area (Å²) >= 11 is 6.05. The average molecular weight is 433 g/mol. The van der Waals surface area contributed by atoms with Gasteiger partial charge in [-0.25, -0.2) is 9.18 Å². The number of halogens is 2. The number of hydrogen-bond acceptors (Lipinski definition) is 3. The minimum absolute atomic E-state index is 0.00160.